The van der Waals surface area contributed by atoms with Gasteiger partial charge in [0.05, 0.1) is 15.3 Å². The highest BCUT2D eigenvalue weighted by Crippen LogP contribution is 2.25. The second-order valence-electron chi connectivity index (χ2n) is 4.88. The minimum absolute atomic E-state index is 0.0495. The Kier molecular flexibility index (Phi) is 5.04. The minimum Gasteiger partial charge on any atom is -0.455 e. The van der Waals surface area contributed by atoms with E-state index in [9.17, 15) is 13.2 Å². The Bertz CT molecular complexity index is 1010. The van der Waals surface area contributed by atoms with Crippen LogP contribution in [0.15, 0.2) is 55.8 Å². The molecule has 10 heteroatoms. The SMILES string of the molecule is NS(=O)(=O)c1ccc(Br)c(C(=O)OCc2coc(-c3cccs3)n2)c1. The third kappa shape index (κ3) is 4.15. The van der Waals surface area contributed by atoms with E-state index in [1.54, 1.807) is 0 Å². The molecule has 0 aliphatic carbocycles. The van der Waals surface area contributed by atoms with Gasteiger partial charge in [-0.25, -0.2) is 23.3 Å². The van der Waals surface area contributed by atoms with Crippen molar-refractivity contribution in [3.63, 3.8) is 0 Å². The lowest BCUT2D eigenvalue weighted by Crippen LogP contribution is -2.14. The summed E-state index contributed by atoms with van der Waals surface area (Å²) in [4.78, 5) is 17.1. The summed E-state index contributed by atoms with van der Waals surface area (Å²) < 4.78 is 33.7. The summed E-state index contributed by atoms with van der Waals surface area (Å²) >= 11 is 4.66. The zero-order valence-corrected chi connectivity index (χ0v) is 15.7. The van der Waals surface area contributed by atoms with Gasteiger partial charge in [-0.05, 0) is 45.6 Å². The molecule has 130 valence electrons. The number of carbonyl (C=O) groups excluding carboxylic acids is 1. The monoisotopic (exact) mass is 442 g/mol. The number of esters is 1. The number of sulfonamides is 1. The molecule has 3 aromatic rings. The number of hydrogen-bond donors (Lipinski definition) is 1. The largest absolute Gasteiger partial charge is 0.455 e. The molecule has 1 aromatic carbocycles. The first kappa shape index (κ1) is 17.8. The molecule has 0 unspecified atom stereocenters. The normalized spacial score (nSPS) is 11.4. The van der Waals surface area contributed by atoms with Crippen molar-refractivity contribution in [2.45, 2.75) is 11.5 Å². The second kappa shape index (κ2) is 7.08. The molecular formula is C15H11BrN2O5S2. The van der Waals surface area contributed by atoms with Crippen molar-refractivity contribution in [2.24, 2.45) is 5.14 Å². The number of hydrogen-bond acceptors (Lipinski definition) is 7. The number of benzene rings is 1. The average Bonchev–Trinajstić information content (AvgIpc) is 3.23. The summed E-state index contributed by atoms with van der Waals surface area (Å²) in [6.07, 6.45) is 1.40. The Morgan fingerprint density at radius 1 is 1.36 bits per heavy atom. The molecule has 0 radical (unpaired) electrons. The van der Waals surface area contributed by atoms with Gasteiger partial charge in [0, 0.05) is 4.47 Å². The molecule has 2 heterocycles. The van der Waals surface area contributed by atoms with E-state index in [-0.39, 0.29) is 17.1 Å². The Balaban J connectivity index is 1.73. The van der Waals surface area contributed by atoms with Crippen molar-refractivity contribution in [1.29, 1.82) is 0 Å². The van der Waals surface area contributed by atoms with E-state index in [1.807, 2.05) is 17.5 Å². The highest BCUT2D eigenvalue weighted by molar-refractivity contribution is 9.10. The van der Waals surface area contributed by atoms with Crippen LogP contribution in [-0.4, -0.2) is 19.4 Å². The van der Waals surface area contributed by atoms with E-state index < -0.39 is 16.0 Å². The zero-order valence-electron chi connectivity index (χ0n) is 12.5. The van der Waals surface area contributed by atoms with Gasteiger partial charge in [0.15, 0.2) is 0 Å². The van der Waals surface area contributed by atoms with Crippen molar-refractivity contribution in [1.82, 2.24) is 4.98 Å². The maximum atomic E-state index is 12.2. The van der Waals surface area contributed by atoms with Gasteiger partial charge in [-0.2, -0.15) is 0 Å². The van der Waals surface area contributed by atoms with Crippen LogP contribution in [0, 0.1) is 0 Å². The summed E-state index contributed by atoms with van der Waals surface area (Å²) in [7, 11) is -3.92. The summed E-state index contributed by atoms with van der Waals surface area (Å²) in [5.74, 6) is -0.267. The summed E-state index contributed by atoms with van der Waals surface area (Å²) in [5, 5.41) is 6.97. The molecule has 2 aromatic heterocycles. The molecule has 7 nitrogen and oxygen atoms in total. The molecule has 0 aliphatic heterocycles. The van der Waals surface area contributed by atoms with Crippen molar-refractivity contribution in [2.75, 3.05) is 0 Å². The number of halogens is 1. The summed E-state index contributed by atoms with van der Waals surface area (Å²) in [5.41, 5.74) is 0.490. The quantitative estimate of drug-likeness (QED) is 0.607. The molecule has 3 rings (SSSR count). The first-order chi connectivity index (χ1) is 11.8. The van der Waals surface area contributed by atoms with Gasteiger partial charge < -0.3 is 9.15 Å². The van der Waals surface area contributed by atoms with Crippen LogP contribution in [0.1, 0.15) is 16.1 Å². The van der Waals surface area contributed by atoms with Crippen LogP contribution < -0.4 is 5.14 Å². The fourth-order valence-corrected chi connectivity index (χ4v) is 3.55. The number of aromatic nitrogens is 1. The zero-order chi connectivity index (χ0) is 18.0. The molecule has 0 atom stereocenters. The number of nitrogens with zero attached hydrogens (tertiary/aromatic N) is 1. The molecule has 0 saturated carbocycles. The molecule has 0 amide bonds. The first-order valence-corrected chi connectivity index (χ1v) is 10.0. The van der Waals surface area contributed by atoms with Crippen LogP contribution in [0.2, 0.25) is 0 Å². The van der Waals surface area contributed by atoms with Gasteiger partial charge in [0.2, 0.25) is 15.9 Å². The van der Waals surface area contributed by atoms with E-state index in [2.05, 4.69) is 20.9 Å². The van der Waals surface area contributed by atoms with Crippen LogP contribution in [0.3, 0.4) is 0 Å². The number of nitrogens with two attached hydrogens (primary N) is 1. The van der Waals surface area contributed by atoms with Crippen LogP contribution in [0.25, 0.3) is 10.8 Å². The third-order valence-corrected chi connectivity index (χ3v) is 5.58. The van der Waals surface area contributed by atoms with E-state index in [0.29, 0.717) is 16.1 Å². The van der Waals surface area contributed by atoms with Crippen molar-refractivity contribution < 1.29 is 22.4 Å². The lowest BCUT2D eigenvalue weighted by atomic mass is 10.2. The molecule has 0 bridgehead atoms. The maximum Gasteiger partial charge on any atom is 0.339 e. The van der Waals surface area contributed by atoms with Gasteiger partial charge in [-0.3, -0.25) is 0 Å². The van der Waals surface area contributed by atoms with Crippen molar-refractivity contribution in [3.8, 4) is 10.8 Å². The topological polar surface area (TPSA) is 112 Å². The predicted molar refractivity (Wildman–Crippen MR) is 94.5 cm³/mol. The Morgan fingerprint density at radius 2 is 2.16 bits per heavy atom. The molecule has 25 heavy (non-hydrogen) atoms. The van der Waals surface area contributed by atoms with Gasteiger partial charge in [0.25, 0.3) is 0 Å². The average molecular weight is 443 g/mol. The lowest BCUT2D eigenvalue weighted by molar-refractivity contribution is 0.0466. The Morgan fingerprint density at radius 3 is 2.84 bits per heavy atom. The van der Waals surface area contributed by atoms with Crippen LogP contribution in [0.4, 0.5) is 0 Å². The summed E-state index contributed by atoms with van der Waals surface area (Å²) in [6.45, 7) is -0.111. The van der Waals surface area contributed by atoms with Crippen molar-refractivity contribution in [3.05, 3.63) is 57.7 Å². The van der Waals surface area contributed by atoms with E-state index in [1.165, 1.54) is 29.7 Å². The smallest absolute Gasteiger partial charge is 0.339 e. The first-order valence-electron chi connectivity index (χ1n) is 6.82. The van der Waals surface area contributed by atoms with Gasteiger partial charge in [0.1, 0.15) is 18.6 Å². The second-order valence-corrected chi connectivity index (χ2v) is 8.25. The molecule has 0 spiro atoms. The lowest BCUT2D eigenvalue weighted by Gasteiger charge is -2.06. The number of primary sulfonamides is 1. The number of oxazole rings is 1. The highest BCUT2D eigenvalue weighted by atomic mass is 79.9. The Hall–Kier alpha value is -2.01. The van der Waals surface area contributed by atoms with E-state index >= 15 is 0 Å². The van der Waals surface area contributed by atoms with E-state index in [0.717, 1.165) is 10.9 Å². The van der Waals surface area contributed by atoms with E-state index in [4.69, 9.17) is 14.3 Å². The van der Waals surface area contributed by atoms with Crippen LogP contribution >= 0.6 is 27.3 Å². The number of rotatable bonds is 5. The van der Waals surface area contributed by atoms with Crippen LogP contribution in [-0.2, 0) is 21.4 Å². The summed E-state index contributed by atoms with van der Waals surface area (Å²) in [6, 6.07) is 7.60. The number of carbonyl (C=O) groups is 1. The van der Waals surface area contributed by atoms with Crippen molar-refractivity contribution >= 4 is 43.3 Å². The van der Waals surface area contributed by atoms with Gasteiger partial charge in [-0.1, -0.05) is 6.07 Å². The maximum absolute atomic E-state index is 12.2. The molecular weight excluding hydrogens is 432 g/mol. The molecule has 0 saturated heterocycles. The minimum atomic E-state index is -3.92. The molecule has 0 fully saturated rings. The molecule has 0 aliphatic rings. The number of thiophene rings is 1. The number of ether oxygens (including phenoxy) is 1. The third-order valence-electron chi connectivity index (χ3n) is 3.12. The van der Waals surface area contributed by atoms with Crippen LogP contribution in [0.5, 0.6) is 0 Å². The fraction of sp³-hybridized carbons (Fsp3) is 0.0667. The van der Waals surface area contributed by atoms with Gasteiger partial charge >= 0.3 is 5.97 Å². The highest BCUT2D eigenvalue weighted by Gasteiger charge is 2.17. The Labute approximate surface area is 155 Å². The molecule has 2 N–H and O–H groups in total. The standard InChI is InChI=1S/C15H11BrN2O5S2/c16-12-4-3-10(25(17,20)21)6-11(12)15(19)23-8-9-7-22-14(18-9)13-2-1-5-24-13/h1-7H,8H2,(H2,17,20,21). The predicted octanol–water partition coefficient (Wildman–Crippen LogP) is 3.17. The fourth-order valence-electron chi connectivity index (χ4n) is 1.94. The van der Waals surface area contributed by atoms with Gasteiger partial charge in [-0.15, -0.1) is 11.3 Å².